The minimum Gasteiger partial charge on any atom is -0.519 e. The van der Waals surface area contributed by atoms with Crippen molar-refractivity contribution in [3.63, 3.8) is 0 Å². The van der Waals surface area contributed by atoms with Crippen molar-refractivity contribution in [1.82, 2.24) is 0 Å². The molecule has 0 N–H and O–H groups in total. The van der Waals surface area contributed by atoms with Gasteiger partial charge in [-0.15, -0.1) is 0 Å². The Balaban J connectivity index is 1.80. The van der Waals surface area contributed by atoms with Crippen LogP contribution in [-0.2, 0) is 14.0 Å². The van der Waals surface area contributed by atoms with Gasteiger partial charge < -0.3 is 9.16 Å². The first-order chi connectivity index (χ1) is 14.8. The van der Waals surface area contributed by atoms with E-state index < -0.39 is 19.1 Å². The number of carbonyl (C=O) groups excluding carboxylic acids is 2. The molecule has 0 fully saturated rings. The zero-order valence-corrected chi connectivity index (χ0v) is 21.2. The van der Waals surface area contributed by atoms with E-state index in [0.29, 0.717) is 18.6 Å². The number of benzene rings is 3. The summed E-state index contributed by atoms with van der Waals surface area (Å²) in [6.07, 6.45) is 0.951. The smallest absolute Gasteiger partial charge is 0.316 e. The maximum atomic E-state index is 13.1. The number of esters is 1. The lowest BCUT2D eigenvalue weighted by atomic mass is 9.72. The molecule has 5 heteroatoms. The predicted octanol–water partition coefficient (Wildman–Crippen LogP) is 7.11. The average molecular weight is 451 g/mol. The second-order valence-electron chi connectivity index (χ2n) is 10.6. The fraction of sp³-hybridized carbons (Fsp3) is 0.407. The van der Waals surface area contributed by atoms with Gasteiger partial charge >= 0.3 is 5.97 Å². The molecule has 0 aliphatic rings. The molecule has 0 saturated carbocycles. The van der Waals surface area contributed by atoms with Gasteiger partial charge in [0.25, 0.3) is 5.97 Å². The molecule has 0 bridgehead atoms. The summed E-state index contributed by atoms with van der Waals surface area (Å²) in [5.74, 6) is -0.0653. The molecule has 0 saturated heterocycles. The second-order valence-corrected chi connectivity index (χ2v) is 15.0. The maximum Gasteiger partial charge on any atom is 0.316 e. The van der Waals surface area contributed by atoms with Crippen LogP contribution in [0.2, 0.25) is 19.6 Å². The zero-order valence-electron chi connectivity index (χ0n) is 20.2. The van der Waals surface area contributed by atoms with E-state index in [0.717, 1.165) is 16.2 Å². The van der Waals surface area contributed by atoms with Crippen molar-refractivity contribution in [3.8, 4) is 5.75 Å². The number of rotatable bonds is 7. The van der Waals surface area contributed by atoms with Crippen molar-refractivity contribution in [1.29, 1.82) is 0 Å². The summed E-state index contributed by atoms with van der Waals surface area (Å²) in [7, 11) is -2.02. The van der Waals surface area contributed by atoms with Crippen LogP contribution < -0.4 is 4.74 Å². The summed E-state index contributed by atoms with van der Waals surface area (Å²) in [6, 6.07) is 18.1. The van der Waals surface area contributed by atoms with Crippen LogP contribution in [0.1, 0.15) is 40.5 Å². The third kappa shape index (κ3) is 5.39. The highest BCUT2D eigenvalue weighted by Gasteiger charge is 2.44. The van der Waals surface area contributed by atoms with Crippen LogP contribution in [0.15, 0.2) is 54.6 Å². The minimum atomic E-state index is -2.02. The lowest BCUT2D eigenvalue weighted by Gasteiger charge is -2.35. The van der Waals surface area contributed by atoms with E-state index in [2.05, 4.69) is 24.3 Å². The van der Waals surface area contributed by atoms with Gasteiger partial charge in [-0.25, -0.2) is 0 Å². The Bertz CT molecular complexity index is 1160. The summed E-state index contributed by atoms with van der Waals surface area (Å²) >= 11 is 0. The molecular weight excluding hydrogens is 416 g/mol. The highest BCUT2D eigenvalue weighted by molar-refractivity contribution is 6.71. The molecule has 0 aliphatic carbocycles. The highest BCUT2D eigenvalue weighted by atomic mass is 28.4. The highest BCUT2D eigenvalue weighted by Crippen LogP contribution is 2.39. The van der Waals surface area contributed by atoms with Gasteiger partial charge in [0.2, 0.25) is 8.32 Å². The molecule has 0 spiro atoms. The maximum absolute atomic E-state index is 13.1. The van der Waals surface area contributed by atoms with Crippen LogP contribution in [0.5, 0.6) is 5.75 Å². The van der Waals surface area contributed by atoms with Crippen molar-refractivity contribution in [2.75, 3.05) is 0 Å². The molecule has 3 aromatic rings. The van der Waals surface area contributed by atoms with Gasteiger partial charge in [-0.1, -0.05) is 37.3 Å². The molecule has 1 unspecified atom stereocenters. The van der Waals surface area contributed by atoms with E-state index in [4.69, 9.17) is 9.16 Å². The van der Waals surface area contributed by atoms with E-state index in [9.17, 15) is 9.59 Å². The normalized spacial score (nSPS) is 14.2. The number of carbonyl (C=O) groups is 2. The van der Waals surface area contributed by atoms with Crippen LogP contribution in [0.25, 0.3) is 21.5 Å². The second kappa shape index (κ2) is 8.70. The number of hydrogen-bond acceptors (Lipinski definition) is 4. The summed E-state index contributed by atoms with van der Waals surface area (Å²) in [5, 5.41) is 4.43. The molecule has 1 atom stereocenters. The molecule has 32 heavy (non-hydrogen) atoms. The predicted molar refractivity (Wildman–Crippen MR) is 133 cm³/mol. The van der Waals surface area contributed by atoms with Gasteiger partial charge in [0.1, 0.15) is 5.75 Å². The fourth-order valence-corrected chi connectivity index (χ4v) is 4.82. The third-order valence-electron chi connectivity index (χ3n) is 5.94. The molecule has 0 radical (unpaired) electrons. The van der Waals surface area contributed by atoms with Gasteiger partial charge in [0.15, 0.2) is 0 Å². The van der Waals surface area contributed by atoms with Crippen molar-refractivity contribution in [2.45, 2.75) is 60.2 Å². The molecule has 0 aromatic heterocycles. The van der Waals surface area contributed by atoms with E-state index in [1.54, 1.807) is 0 Å². The van der Waals surface area contributed by atoms with Gasteiger partial charge in [0, 0.05) is 0 Å². The molecule has 170 valence electrons. The summed E-state index contributed by atoms with van der Waals surface area (Å²) < 4.78 is 11.6. The Hall–Kier alpha value is -2.66. The van der Waals surface area contributed by atoms with Crippen LogP contribution in [0.4, 0.5) is 0 Å². The molecule has 3 aromatic carbocycles. The van der Waals surface area contributed by atoms with Crippen LogP contribution in [0.3, 0.4) is 0 Å². The zero-order chi connectivity index (χ0) is 23.7. The Morgan fingerprint density at radius 1 is 0.812 bits per heavy atom. The quantitative estimate of drug-likeness (QED) is 0.167. The Morgan fingerprint density at radius 3 is 1.94 bits per heavy atom. The van der Waals surface area contributed by atoms with Crippen LogP contribution in [-0.4, -0.2) is 20.3 Å². The molecule has 3 rings (SSSR count). The lowest BCUT2D eigenvalue weighted by Crippen LogP contribution is -2.43. The Labute approximate surface area is 192 Å². The van der Waals surface area contributed by atoms with Crippen molar-refractivity contribution < 1.29 is 18.8 Å². The largest absolute Gasteiger partial charge is 0.519 e. The fourth-order valence-electron chi connectivity index (χ4n) is 4.02. The number of fused-ring (bicyclic) bond motifs is 2. The molecular formula is C27H34O4Si. The molecule has 0 heterocycles. The molecule has 4 nitrogen and oxygen atoms in total. The van der Waals surface area contributed by atoms with E-state index in [1.165, 1.54) is 5.39 Å². The first kappa shape index (κ1) is 24.0. The number of hydrogen-bond donors (Lipinski definition) is 0. The Morgan fingerprint density at radius 2 is 1.38 bits per heavy atom. The number of ether oxygens (including phenoxy) is 1. The lowest BCUT2D eigenvalue weighted by molar-refractivity contribution is -0.153. The first-order valence-corrected chi connectivity index (χ1v) is 14.6. The van der Waals surface area contributed by atoms with Gasteiger partial charge in [-0.2, -0.15) is 0 Å². The summed E-state index contributed by atoms with van der Waals surface area (Å²) in [6.45, 7) is 13.5. The topological polar surface area (TPSA) is 52.6 Å². The standard InChI is InChI=1S/C27H34O4Si/c1-8-27(4,25(29)31-32(5,6)7)18-26(2,3)24(28)30-23-14-13-21-15-19-11-9-10-12-20(19)16-22(21)17-23/h9-17H,8,18H2,1-7H3. The SMILES string of the molecule is CCC(C)(CC(C)(C)C(=O)Oc1ccc2cc3ccccc3cc2c1)C(=O)O[Si](C)(C)C. The minimum absolute atomic E-state index is 0.224. The molecule has 0 aliphatic heterocycles. The van der Waals surface area contributed by atoms with Crippen LogP contribution >= 0.6 is 0 Å². The Kier molecular flexibility index (Phi) is 6.52. The van der Waals surface area contributed by atoms with Gasteiger partial charge in [-0.05, 0) is 99.1 Å². The monoisotopic (exact) mass is 450 g/mol. The van der Waals surface area contributed by atoms with E-state index >= 15 is 0 Å². The molecule has 0 amide bonds. The van der Waals surface area contributed by atoms with E-state index in [-0.39, 0.29) is 11.9 Å². The average Bonchev–Trinajstić information content (AvgIpc) is 2.70. The van der Waals surface area contributed by atoms with E-state index in [1.807, 2.05) is 77.7 Å². The van der Waals surface area contributed by atoms with Crippen molar-refractivity contribution in [3.05, 3.63) is 54.6 Å². The summed E-state index contributed by atoms with van der Waals surface area (Å²) in [4.78, 5) is 26.0. The first-order valence-electron chi connectivity index (χ1n) is 11.2. The third-order valence-corrected chi connectivity index (χ3v) is 6.74. The van der Waals surface area contributed by atoms with Gasteiger partial charge in [-0.3, -0.25) is 9.59 Å². The van der Waals surface area contributed by atoms with Crippen LogP contribution in [0, 0.1) is 10.8 Å². The van der Waals surface area contributed by atoms with Crippen molar-refractivity contribution in [2.24, 2.45) is 10.8 Å². The van der Waals surface area contributed by atoms with Crippen molar-refractivity contribution >= 4 is 41.8 Å². The summed E-state index contributed by atoms with van der Waals surface area (Å²) in [5.41, 5.74) is -1.59. The van der Waals surface area contributed by atoms with Gasteiger partial charge in [0.05, 0.1) is 10.8 Å².